The quantitative estimate of drug-likeness (QED) is 0.736. The maximum absolute atomic E-state index is 13.5. The highest BCUT2D eigenvalue weighted by Crippen LogP contribution is 2.39. The summed E-state index contributed by atoms with van der Waals surface area (Å²) in [4.78, 5) is 25.6. The van der Waals surface area contributed by atoms with E-state index < -0.39 is 12.0 Å². The lowest BCUT2D eigenvalue weighted by Crippen LogP contribution is -2.50. The number of benzene rings is 2. The summed E-state index contributed by atoms with van der Waals surface area (Å²) in [6, 6.07) is 13.8. The van der Waals surface area contributed by atoms with Crippen molar-refractivity contribution in [3.63, 3.8) is 0 Å². The first-order chi connectivity index (χ1) is 13.5. The lowest BCUT2D eigenvalue weighted by atomic mass is 9.82. The normalized spacial score (nSPS) is 18.3. The topological polar surface area (TPSA) is 76.0 Å². The molecule has 2 atom stereocenters. The van der Waals surface area contributed by atoms with Crippen molar-refractivity contribution in [1.82, 2.24) is 15.1 Å². The predicted molar refractivity (Wildman–Crippen MR) is 103 cm³/mol. The van der Waals surface area contributed by atoms with Gasteiger partial charge in [0.15, 0.2) is 0 Å². The zero-order chi connectivity index (χ0) is 19.8. The van der Waals surface area contributed by atoms with Crippen molar-refractivity contribution in [3.8, 4) is 0 Å². The molecule has 2 aromatic carbocycles. The molecule has 0 spiro atoms. The Hall–Kier alpha value is -3.48. The zero-order valence-corrected chi connectivity index (χ0v) is 15.4. The number of carbonyl (C=O) groups is 2. The Kier molecular flexibility index (Phi) is 4.43. The third-order valence-corrected chi connectivity index (χ3v) is 4.99. The van der Waals surface area contributed by atoms with Crippen LogP contribution in [0.25, 0.3) is 0 Å². The van der Waals surface area contributed by atoms with Crippen LogP contribution >= 0.6 is 0 Å². The minimum atomic E-state index is -0.853. The predicted octanol–water partition coefficient (Wildman–Crippen LogP) is 2.75. The van der Waals surface area contributed by atoms with Gasteiger partial charge in [0.1, 0.15) is 17.7 Å². The summed E-state index contributed by atoms with van der Waals surface area (Å²) in [6.45, 7) is 1.85. The highest BCUT2D eigenvalue weighted by molar-refractivity contribution is 6.03. The van der Waals surface area contributed by atoms with Gasteiger partial charge in [-0.05, 0) is 36.8 Å². The number of aromatic nitrogens is 2. The standard InChI is InChI=1S/C21H19FN4O2/c1-12-16-17(13-8-10-15(22)11-9-13)18(21(28)24-19(16)26(2)25-12)23-20(27)14-6-4-3-5-7-14/h3-11,17-18H,1-2H3,(H,23,27)(H,24,28). The molecule has 2 amide bonds. The van der Waals surface area contributed by atoms with Crippen molar-refractivity contribution in [1.29, 1.82) is 0 Å². The van der Waals surface area contributed by atoms with Crippen LogP contribution in [0.3, 0.4) is 0 Å². The molecule has 4 rings (SSSR count). The Bertz CT molecular complexity index is 1040. The van der Waals surface area contributed by atoms with Crippen molar-refractivity contribution in [2.75, 3.05) is 5.32 Å². The fourth-order valence-corrected chi connectivity index (χ4v) is 3.70. The number of hydrogen-bond donors (Lipinski definition) is 2. The van der Waals surface area contributed by atoms with E-state index in [9.17, 15) is 14.0 Å². The van der Waals surface area contributed by atoms with E-state index >= 15 is 0 Å². The van der Waals surface area contributed by atoms with E-state index in [4.69, 9.17) is 0 Å². The molecule has 0 aliphatic carbocycles. The average Bonchev–Trinajstić information content (AvgIpc) is 2.97. The van der Waals surface area contributed by atoms with Crippen molar-refractivity contribution in [2.24, 2.45) is 7.05 Å². The van der Waals surface area contributed by atoms with Gasteiger partial charge in [-0.25, -0.2) is 4.39 Å². The second kappa shape index (κ2) is 6.92. The second-order valence-electron chi connectivity index (χ2n) is 6.81. The molecule has 28 heavy (non-hydrogen) atoms. The maximum atomic E-state index is 13.5. The Morgan fingerprint density at radius 1 is 1.14 bits per heavy atom. The molecule has 1 aromatic heterocycles. The van der Waals surface area contributed by atoms with Crippen LogP contribution in [0.1, 0.15) is 33.1 Å². The molecule has 7 heteroatoms. The van der Waals surface area contributed by atoms with Crippen molar-refractivity contribution in [2.45, 2.75) is 18.9 Å². The smallest absolute Gasteiger partial charge is 0.251 e. The number of nitrogens with zero attached hydrogens (tertiary/aromatic N) is 2. The van der Waals surface area contributed by atoms with Crippen LogP contribution in [0.5, 0.6) is 0 Å². The molecular weight excluding hydrogens is 359 g/mol. The highest BCUT2D eigenvalue weighted by Gasteiger charge is 2.41. The molecule has 142 valence electrons. The van der Waals surface area contributed by atoms with Gasteiger partial charge < -0.3 is 10.6 Å². The lowest BCUT2D eigenvalue weighted by molar-refractivity contribution is -0.118. The van der Waals surface area contributed by atoms with Gasteiger partial charge in [-0.2, -0.15) is 5.10 Å². The molecular formula is C21H19FN4O2. The summed E-state index contributed by atoms with van der Waals surface area (Å²) in [6.07, 6.45) is 0. The largest absolute Gasteiger partial charge is 0.339 e. The van der Waals surface area contributed by atoms with Gasteiger partial charge in [0.25, 0.3) is 5.91 Å². The first kappa shape index (κ1) is 17.9. The SMILES string of the molecule is Cc1nn(C)c2c1C(c1ccc(F)cc1)C(NC(=O)c1ccccc1)C(=O)N2. The van der Waals surface area contributed by atoms with Gasteiger partial charge in [-0.1, -0.05) is 30.3 Å². The van der Waals surface area contributed by atoms with E-state index in [1.807, 2.05) is 13.0 Å². The van der Waals surface area contributed by atoms with Crippen LogP contribution in [0, 0.1) is 12.7 Å². The zero-order valence-electron chi connectivity index (χ0n) is 15.4. The average molecular weight is 378 g/mol. The Morgan fingerprint density at radius 2 is 1.82 bits per heavy atom. The van der Waals surface area contributed by atoms with Crippen molar-refractivity contribution in [3.05, 3.63) is 82.8 Å². The van der Waals surface area contributed by atoms with E-state index in [-0.39, 0.29) is 17.6 Å². The molecule has 3 aromatic rings. The molecule has 2 heterocycles. The molecule has 2 unspecified atom stereocenters. The van der Waals surface area contributed by atoms with E-state index in [1.54, 1.807) is 48.1 Å². The number of rotatable bonds is 3. The first-order valence-corrected chi connectivity index (χ1v) is 8.91. The molecule has 0 saturated heterocycles. The minimum Gasteiger partial charge on any atom is -0.339 e. The molecule has 1 aliphatic heterocycles. The fraction of sp³-hybridized carbons (Fsp3) is 0.190. The minimum absolute atomic E-state index is 0.339. The van der Waals surface area contributed by atoms with E-state index in [2.05, 4.69) is 15.7 Å². The summed E-state index contributed by atoms with van der Waals surface area (Å²) in [5.41, 5.74) is 2.74. The number of hydrogen-bond acceptors (Lipinski definition) is 3. The number of anilines is 1. The van der Waals surface area contributed by atoms with Crippen LogP contribution in [-0.4, -0.2) is 27.6 Å². The van der Waals surface area contributed by atoms with Crippen LogP contribution in [0.15, 0.2) is 54.6 Å². The summed E-state index contributed by atoms with van der Waals surface area (Å²) in [5.74, 6) is -0.947. The van der Waals surface area contributed by atoms with Crippen molar-refractivity contribution >= 4 is 17.6 Å². The van der Waals surface area contributed by atoms with E-state index in [0.29, 0.717) is 11.4 Å². The number of nitrogens with one attached hydrogen (secondary N) is 2. The molecule has 0 bridgehead atoms. The summed E-state index contributed by atoms with van der Waals surface area (Å²) < 4.78 is 15.1. The number of amides is 2. The van der Waals surface area contributed by atoms with E-state index in [1.165, 1.54) is 12.1 Å². The third kappa shape index (κ3) is 3.05. The summed E-state index contributed by atoms with van der Waals surface area (Å²) in [5, 5.41) is 10.1. The number of aryl methyl sites for hydroxylation is 2. The third-order valence-electron chi connectivity index (χ3n) is 4.99. The fourth-order valence-electron chi connectivity index (χ4n) is 3.70. The second-order valence-corrected chi connectivity index (χ2v) is 6.81. The highest BCUT2D eigenvalue weighted by atomic mass is 19.1. The number of fused-ring (bicyclic) bond motifs is 1. The van der Waals surface area contributed by atoms with Crippen molar-refractivity contribution < 1.29 is 14.0 Å². The molecule has 6 nitrogen and oxygen atoms in total. The van der Waals surface area contributed by atoms with Crippen LogP contribution < -0.4 is 10.6 Å². The van der Waals surface area contributed by atoms with Crippen LogP contribution in [0.2, 0.25) is 0 Å². The summed E-state index contributed by atoms with van der Waals surface area (Å²) >= 11 is 0. The van der Waals surface area contributed by atoms with Gasteiger partial charge in [-0.3, -0.25) is 14.3 Å². The van der Waals surface area contributed by atoms with Gasteiger partial charge in [-0.15, -0.1) is 0 Å². The molecule has 0 fully saturated rings. The number of carbonyl (C=O) groups excluding carboxylic acids is 2. The maximum Gasteiger partial charge on any atom is 0.251 e. The molecule has 0 radical (unpaired) electrons. The first-order valence-electron chi connectivity index (χ1n) is 8.91. The van der Waals surface area contributed by atoms with Gasteiger partial charge in [0, 0.05) is 24.1 Å². The Balaban J connectivity index is 1.79. The molecule has 1 aliphatic rings. The van der Waals surface area contributed by atoms with Gasteiger partial charge >= 0.3 is 0 Å². The van der Waals surface area contributed by atoms with Gasteiger partial charge in [0.2, 0.25) is 5.91 Å². The van der Waals surface area contributed by atoms with Crippen LogP contribution in [0.4, 0.5) is 10.2 Å². The van der Waals surface area contributed by atoms with Gasteiger partial charge in [0.05, 0.1) is 5.69 Å². The summed E-state index contributed by atoms with van der Waals surface area (Å²) in [7, 11) is 1.75. The van der Waals surface area contributed by atoms with E-state index in [0.717, 1.165) is 16.8 Å². The van der Waals surface area contributed by atoms with Crippen LogP contribution in [-0.2, 0) is 11.8 Å². The number of halogens is 1. The lowest BCUT2D eigenvalue weighted by Gasteiger charge is -2.32. The molecule has 2 N–H and O–H groups in total. The monoisotopic (exact) mass is 378 g/mol. The Morgan fingerprint density at radius 3 is 2.50 bits per heavy atom. The molecule has 0 saturated carbocycles. The Labute approximate surface area is 161 Å².